The van der Waals surface area contributed by atoms with Crippen LogP contribution in [0.1, 0.15) is 52.4 Å². The van der Waals surface area contributed by atoms with Gasteiger partial charge in [-0.2, -0.15) is 18.3 Å². The molecule has 8 nitrogen and oxygen atoms in total. The Morgan fingerprint density at radius 2 is 1.76 bits per heavy atom. The van der Waals surface area contributed by atoms with Gasteiger partial charge in [-0.3, -0.25) is 14.7 Å². The Balaban J connectivity index is 1.92. The standard InChI is InChI=1S/C18H22F3N5O3/c1-3-5-13-11(6-7-14(25-13)29-4-2)16(27)22-8-9-23-17(28)12-10-24-26-15(12)18(19,20)21/h6-7,10H,3-5,8-9H2,1-2H3,(H,22,27)(H,23,28)(H,24,26). The number of H-pyrrole nitrogens is 1. The van der Waals surface area contributed by atoms with E-state index in [0.29, 0.717) is 30.2 Å². The molecular formula is C18H22F3N5O3. The van der Waals surface area contributed by atoms with Crippen molar-refractivity contribution in [3.63, 3.8) is 0 Å². The smallest absolute Gasteiger partial charge is 0.433 e. The number of aromatic amines is 1. The number of hydrogen-bond acceptors (Lipinski definition) is 5. The van der Waals surface area contributed by atoms with Gasteiger partial charge in [0.2, 0.25) is 5.88 Å². The molecule has 0 saturated heterocycles. The number of alkyl halides is 3. The molecule has 0 spiro atoms. The summed E-state index contributed by atoms with van der Waals surface area (Å²) in [6.07, 6.45) is -2.54. The molecular weight excluding hydrogens is 391 g/mol. The van der Waals surface area contributed by atoms with Crippen LogP contribution in [-0.4, -0.2) is 46.7 Å². The van der Waals surface area contributed by atoms with Crippen molar-refractivity contribution in [1.29, 1.82) is 0 Å². The van der Waals surface area contributed by atoms with Gasteiger partial charge in [-0.25, -0.2) is 4.98 Å². The first-order valence-electron chi connectivity index (χ1n) is 9.07. The molecule has 3 N–H and O–H groups in total. The fourth-order valence-corrected chi connectivity index (χ4v) is 2.56. The summed E-state index contributed by atoms with van der Waals surface area (Å²) in [5, 5.41) is 9.96. The lowest BCUT2D eigenvalue weighted by Crippen LogP contribution is -2.35. The molecule has 158 valence electrons. The van der Waals surface area contributed by atoms with Gasteiger partial charge in [0.1, 0.15) is 0 Å². The number of ether oxygens (including phenoxy) is 1. The minimum Gasteiger partial charge on any atom is -0.478 e. The zero-order valence-electron chi connectivity index (χ0n) is 16.0. The first kappa shape index (κ1) is 22.2. The van der Waals surface area contributed by atoms with Gasteiger partial charge in [-0.1, -0.05) is 13.3 Å². The summed E-state index contributed by atoms with van der Waals surface area (Å²) >= 11 is 0. The van der Waals surface area contributed by atoms with Crippen LogP contribution >= 0.6 is 0 Å². The van der Waals surface area contributed by atoms with Crippen molar-refractivity contribution < 1.29 is 27.5 Å². The van der Waals surface area contributed by atoms with Gasteiger partial charge in [-0.05, 0) is 19.4 Å². The zero-order valence-corrected chi connectivity index (χ0v) is 16.0. The summed E-state index contributed by atoms with van der Waals surface area (Å²) < 4.78 is 43.7. The molecule has 0 aliphatic heterocycles. The zero-order chi connectivity index (χ0) is 21.4. The van der Waals surface area contributed by atoms with E-state index in [2.05, 4.69) is 20.7 Å². The highest BCUT2D eigenvalue weighted by Crippen LogP contribution is 2.29. The predicted octanol–water partition coefficient (Wildman–Crippen LogP) is 2.33. The van der Waals surface area contributed by atoms with Gasteiger partial charge < -0.3 is 15.4 Å². The summed E-state index contributed by atoms with van der Waals surface area (Å²) in [5.41, 5.74) is -0.850. The van der Waals surface area contributed by atoms with Gasteiger partial charge in [0.25, 0.3) is 11.8 Å². The number of amides is 2. The fourth-order valence-electron chi connectivity index (χ4n) is 2.56. The highest BCUT2D eigenvalue weighted by Gasteiger charge is 2.37. The quantitative estimate of drug-likeness (QED) is 0.547. The van der Waals surface area contributed by atoms with Gasteiger partial charge in [0.15, 0.2) is 5.69 Å². The van der Waals surface area contributed by atoms with Gasteiger partial charge in [0, 0.05) is 19.2 Å². The van der Waals surface area contributed by atoms with Crippen LogP contribution in [0.15, 0.2) is 18.3 Å². The van der Waals surface area contributed by atoms with Crippen molar-refractivity contribution in [3.8, 4) is 5.88 Å². The number of hydrogen-bond donors (Lipinski definition) is 3. The Bertz CT molecular complexity index is 852. The number of nitrogens with zero attached hydrogens (tertiary/aromatic N) is 2. The predicted molar refractivity (Wildman–Crippen MR) is 97.7 cm³/mol. The van der Waals surface area contributed by atoms with E-state index in [-0.39, 0.29) is 13.1 Å². The molecule has 0 unspecified atom stereocenters. The summed E-state index contributed by atoms with van der Waals surface area (Å²) in [5.74, 6) is -0.896. The summed E-state index contributed by atoms with van der Waals surface area (Å²) in [4.78, 5) is 28.6. The molecule has 11 heteroatoms. The van der Waals surface area contributed by atoms with Crippen molar-refractivity contribution in [2.75, 3.05) is 19.7 Å². The third kappa shape index (κ3) is 5.93. The minimum atomic E-state index is -4.71. The van der Waals surface area contributed by atoms with Crippen molar-refractivity contribution in [2.24, 2.45) is 0 Å². The van der Waals surface area contributed by atoms with Crippen molar-refractivity contribution in [3.05, 3.63) is 40.8 Å². The van der Waals surface area contributed by atoms with Crippen LogP contribution in [0, 0.1) is 0 Å². The van der Waals surface area contributed by atoms with Crippen molar-refractivity contribution in [1.82, 2.24) is 25.8 Å². The molecule has 0 radical (unpaired) electrons. The summed E-state index contributed by atoms with van der Waals surface area (Å²) in [7, 11) is 0. The molecule has 2 aromatic rings. The number of carbonyl (C=O) groups excluding carboxylic acids is 2. The number of halogens is 3. The summed E-state index contributed by atoms with van der Waals surface area (Å²) in [6, 6.07) is 3.20. The van der Waals surface area contributed by atoms with E-state index < -0.39 is 29.2 Å². The number of aromatic nitrogens is 3. The van der Waals surface area contributed by atoms with Crippen LogP contribution < -0.4 is 15.4 Å². The third-order valence-corrected chi connectivity index (χ3v) is 3.84. The second-order valence-electron chi connectivity index (χ2n) is 5.99. The molecule has 0 aromatic carbocycles. The Hall–Kier alpha value is -3.11. The molecule has 0 atom stereocenters. The minimum absolute atomic E-state index is 0.0303. The molecule has 2 amide bonds. The number of aryl methyl sites for hydroxylation is 1. The van der Waals surface area contributed by atoms with E-state index in [0.717, 1.165) is 12.6 Å². The van der Waals surface area contributed by atoms with Crippen molar-refractivity contribution in [2.45, 2.75) is 32.9 Å². The number of pyridine rings is 1. The van der Waals surface area contributed by atoms with Crippen LogP contribution in [0.2, 0.25) is 0 Å². The molecule has 0 fully saturated rings. The van der Waals surface area contributed by atoms with Gasteiger partial charge in [-0.15, -0.1) is 0 Å². The normalized spacial score (nSPS) is 11.2. The Kier molecular flexibility index (Phi) is 7.57. The first-order valence-corrected chi connectivity index (χ1v) is 9.07. The average molecular weight is 413 g/mol. The number of rotatable bonds is 9. The molecule has 2 heterocycles. The van der Waals surface area contributed by atoms with Crippen LogP contribution in [0.25, 0.3) is 0 Å². The molecule has 0 bridgehead atoms. The largest absolute Gasteiger partial charge is 0.478 e. The second-order valence-corrected chi connectivity index (χ2v) is 5.99. The van der Waals surface area contributed by atoms with E-state index >= 15 is 0 Å². The maximum Gasteiger partial charge on any atom is 0.433 e. The molecule has 0 saturated carbocycles. The summed E-state index contributed by atoms with van der Waals surface area (Å²) in [6.45, 7) is 4.22. The SMILES string of the molecule is CCCc1nc(OCC)ccc1C(=O)NCCNC(=O)c1cn[nH]c1C(F)(F)F. The maximum absolute atomic E-state index is 12.8. The van der Waals surface area contributed by atoms with Crippen LogP contribution in [0.3, 0.4) is 0 Å². The Morgan fingerprint density at radius 1 is 1.10 bits per heavy atom. The second kappa shape index (κ2) is 9.89. The Morgan fingerprint density at radius 3 is 2.34 bits per heavy atom. The van der Waals surface area contributed by atoms with Crippen LogP contribution in [0.5, 0.6) is 5.88 Å². The van der Waals surface area contributed by atoms with E-state index in [4.69, 9.17) is 4.74 Å². The molecule has 2 aromatic heterocycles. The van der Waals surface area contributed by atoms with Crippen LogP contribution in [-0.2, 0) is 12.6 Å². The molecule has 29 heavy (non-hydrogen) atoms. The molecule has 0 aliphatic carbocycles. The lowest BCUT2D eigenvalue weighted by atomic mass is 10.1. The molecule has 2 rings (SSSR count). The maximum atomic E-state index is 12.8. The highest BCUT2D eigenvalue weighted by atomic mass is 19.4. The number of carbonyl (C=O) groups is 2. The lowest BCUT2D eigenvalue weighted by molar-refractivity contribution is -0.141. The highest BCUT2D eigenvalue weighted by molar-refractivity contribution is 5.96. The first-order chi connectivity index (χ1) is 13.8. The van der Waals surface area contributed by atoms with Crippen LogP contribution in [0.4, 0.5) is 13.2 Å². The van der Waals surface area contributed by atoms with E-state index in [9.17, 15) is 22.8 Å². The Labute approximate surface area is 165 Å². The fraction of sp³-hybridized carbons (Fsp3) is 0.444. The monoisotopic (exact) mass is 413 g/mol. The van der Waals surface area contributed by atoms with Crippen molar-refractivity contribution >= 4 is 11.8 Å². The topological polar surface area (TPSA) is 109 Å². The van der Waals surface area contributed by atoms with E-state index in [1.165, 1.54) is 0 Å². The number of nitrogens with one attached hydrogen (secondary N) is 3. The third-order valence-electron chi connectivity index (χ3n) is 3.84. The van der Waals surface area contributed by atoms with Gasteiger partial charge >= 0.3 is 6.18 Å². The van der Waals surface area contributed by atoms with E-state index in [1.54, 1.807) is 17.2 Å². The average Bonchev–Trinajstić information content (AvgIpc) is 3.16. The lowest BCUT2D eigenvalue weighted by Gasteiger charge is -2.12. The molecule has 0 aliphatic rings. The van der Waals surface area contributed by atoms with Gasteiger partial charge in [0.05, 0.1) is 29.6 Å². The van der Waals surface area contributed by atoms with E-state index in [1.807, 2.05) is 13.8 Å².